The zero-order valence-electron chi connectivity index (χ0n) is 27.5. The van der Waals surface area contributed by atoms with E-state index in [1.54, 1.807) is 11.8 Å². The van der Waals surface area contributed by atoms with Gasteiger partial charge in [0.05, 0.1) is 33.8 Å². The lowest BCUT2D eigenvalue weighted by molar-refractivity contribution is 0.834. The number of thioether (sulfide) groups is 1. The molecule has 0 amide bonds. The van der Waals surface area contributed by atoms with Gasteiger partial charge in [0.15, 0.2) is 0 Å². The molecule has 240 valence electrons. The van der Waals surface area contributed by atoms with E-state index >= 15 is 0 Å². The third kappa shape index (κ3) is 4.32. The summed E-state index contributed by atoms with van der Waals surface area (Å²) in [6.07, 6.45) is 2.24. The van der Waals surface area contributed by atoms with E-state index < -0.39 is 0 Å². The maximum absolute atomic E-state index is 5.40. The summed E-state index contributed by atoms with van der Waals surface area (Å²) in [7, 11) is 0. The summed E-state index contributed by atoms with van der Waals surface area (Å²) in [6.45, 7) is 0. The minimum Gasteiger partial charge on any atom is -0.344 e. The van der Waals surface area contributed by atoms with Crippen molar-refractivity contribution in [2.45, 2.75) is 6.04 Å². The number of nitrogens with one attached hydrogen (secondary N) is 1. The molecule has 1 N–H and O–H groups in total. The molecule has 51 heavy (non-hydrogen) atoms. The molecule has 2 aliphatic heterocycles. The standard InChI is InChI=1S/C46H30N4S/c1-3-12-30(13-4-1)43-45-39(25-26-51-45)47-46(48-43)50-42-24-21-32(28-38(42)36-22-19-29-11-7-8-16-34(29)44(36)50)31-20-23-41-37(27-31)35-17-9-10-18-40(35)49(41)33-14-5-2-6-15-33/h1-28,39H,(H,47,48). The highest BCUT2D eigenvalue weighted by Gasteiger charge is 2.29. The number of fused-ring (bicyclic) bond motifs is 9. The van der Waals surface area contributed by atoms with Crippen molar-refractivity contribution in [1.29, 1.82) is 0 Å². The maximum atomic E-state index is 5.40. The van der Waals surface area contributed by atoms with Gasteiger partial charge >= 0.3 is 0 Å². The predicted molar refractivity (Wildman–Crippen MR) is 217 cm³/mol. The van der Waals surface area contributed by atoms with E-state index in [1.165, 1.54) is 70.6 Å². The van der Waals surface area contributed by atoms with Crippen LogP contribution < -0.4 is 5.32 Å². The van der Waals surface area contributed by atoms with Crippen LogP contribution in [0.2, 0.25) is 0 Å². The quantitative estimate of drug-likeness (QED) is 0.203. The maximum Gasteiger partial charge on any atom is 0.209 e. The molecule has 0 bridgehead atoms. The van der Waals surface area contributed by atoms with Crippen molar-refractivity contribution in [2.24, 2.45) is 4.99 Å². The fourth-order valence-corrected chi connectivity index (χ4v) is 9.05. The van der Waals surface area contributed by atoms with Gasteiger partial charge < -0.3 is 9.88 Å². The second-order valence-electron chi connectivity index (χ2n) is 13.3. The molecule has 2 aliphatic rings. The number of rotatable bonds is 3. The van der Waals surface area contributed by atoms with Crippen LogP contribution in [-0.4, -0.2) is 21.1 Å². The Balaban J connectivity index is 1.14. The van der Waals surface area contributed by atoms with Crippen LogP contribution >= 0.6 is 11.8 Å². The summed E-state index contributed by atoms with van der Waals surface area (Å²) in [5.74, 6) is 0.842. The minimum absolute atomic E-state index is 0.0733. The first kappa shape index (κ1) is 28.5. The molecule has 1 unspecified atom stereocenters. The van der Waals surface area contributed by atoms with Gasteiger partial charge in [0.1, 0.15) is 0 Å². The molecule has 7 aromatic carbocycles. The molecule has 4 nitrogen and oxygen atoms in total. The van der Waals surface area contributed by atoms with Gasteiger partial charge in [0.2, 0.25) is 5.96 Å². The van der Waals surface area contributed by atoms with E-state index in [4.69, 9.17) is 4.99 Å². The first-order valence-electron chi connectivity index (χ1n) is 17.3. The molecule has 0 spiro atoms. The predicted octanol–water partition coefficient (Wildman–Crippen LogP) is 11.5. The molecule has 0 saturated carbocycles. The molecule has 4 heterocycles. The Morgan fingerprint density at radius 1 is 0.510 bits per heavy atom. The summed E-state index contributed by atoms with van der Waals surface area (Å²) < 4.78 is 4.72. The minimum atomic E-state index is 0.0733. The van der Waals surface area contributed by atoms with Gasteiger partial charge in [-0.15, -0.1) is 0 Å². The highest BCUT2D eigenvalue weighted by Crippen LogP contribution is 2.42. The Hall–Kier alpha value is -6.30. The Morgan fingerprint density at radius 2 is 1.16 bits per heavy atom. The number of hydrogen-bond acceptors (Lipinski definition) is 3. The van der Waals surface area contributed by atoms with Gasteiger partial charge in [-0.05, 0) is 64.4 Å². The molecule has 11 rings (SSSR count). The molecular formula is C46H30N4S. The summed E-state index contributed by atoms with van der Waals surface area (Å²) in [5, 5.41) is 13.3. The van der Waals surface area contributed by atoms with E-state index in [9.17, 15) is 0 Å². The van der Waals surface area contributed by atoms with Gasteiger partial charge in [-0.1, -0.05) is 133 Å². The number of aromatic nitrogens is 2. The van der Waals surface area contributed by atoms with Crippen LogP contribution in [0.4, 0.5) is 0 Å². The molecule has 1 atom stereocenters. The van der Waals surface area contributed by atoms with E-state index in [0.29, 0.717) is 0 Å². The topological polar surface area (TPSA) is 34.2 Å². The van der Waals surface area contributed by atoms with Crippen LogP contribution in [0.1, 0.15) is 5.56 Å². The lowest BCUT2D eigenvalue weighted by Gasteiger charge is -2.25. The largest absolute Gasteiger partial charge is 0.344 e. The highest BCUT2D eigenvalue weighted by molar-refractivity contribution is 8.06. The molecular weight excluding hydrogens is 641 g/mol. The van der Waals surface area contributed by atoms with Crippen LogP contribution in [0.5, 0.6) is 0 Å². The Morgan fingerprint density at radius 3 is 1.96 bits per heavy atom. The number of aliphatic imine (C=N–C) groups is 1. The Labute approximate surface area is 298 Å². The summed E-state index contributed by atoms with van der Waals surface area (Å²) in [4.78, 5) is 6.64. The zero-order chi connectivity index (χ0) is 33.5. The SMILES string of the molecule is C1=CC2NC(n3c4ccc(-c5ccc6c(c5)c5ccccc5n6-c5ccccc5)cc4c4ccc5ccccc5c43)=NC(c3ccccc3)=C2S1. The van der Waals surface area contributed by atoms with Crippen LogP contribution in [0.15, 0.2) is 179 Å². The van der Waals surface area contributed by atoms with Crippen molar-refractivity contribution in [3.8, 4) is 16.8 Å². The lowest BCUT2D eigenvalue weighted by Crippen LogP contribution is -2.40. The van der Waals surface area contributed by atoms with Gasteiger partial charge in [-0.25, -0.2) is 4.99 Å². The first-order chi connectivity index (χ1) is 25.3. The van der Waals surface area contributed by atoms with E-state index in [0.717, 1.165) is 22.7 Å². The number of nitrogens with zero attached hydrogens (tertiary/aromatic N) is 3. The molecule has 0 saturated heterocycles. The van der Waals surface area contributed by atoms with Gasteiger partial charge in [0, 0.05) is 43.1 Å². The summed E-state index contributed by atoms with van der Waals surface area (Å²) >= 11 is 1.76. The number of hydrogen-bond donors (Lipinski definition) is 1. The zero-order valence-corrected chi connectivity index (χ0v) is 28.3. The van der Waals surface area contributed by atoms with Crippen molar-refractivity contribution >= 4 is 77.8 Å². The Bertz CT molecular complexity index is 2960. The van der Waals surface area contributed by atoms with Crippen molar-refractivity contribution in [1.82, 2.24) is 14.5 Å². The van der Waals surface area contributed by atoms with E-state index in [-0.39, 0.29) is 6.04 Å². The molecule has 0 radical (unpaired) electrons. The number of para-hydroxylation sites is 2. The second-order valence-corrected chi connectivity index (χ2v) is 14.2. The van der Waals surface area contributed by atoms with Crippen LogP contribution in [-0.2, 0) is 0 Å². The lowest BCUT2D eigenvalue weighted by atomic mass is 10.00. The third-order valence-electron chi connectivity index (χ3n) is 10.4. The van der Waals surface area contributed by atoms with Crippen molar-refractivity contribution in [2.75, 3.05) is 0 Å². The number of benzene rings is 7. The monoisotopic (exact) mass is 670 g/mol. The Kier molecular flexibility index (Phi) is 6.21. The highest BCUT2D eigenvalue weighted by atomic mass is 32.2. The average molecular weight is 671 g/mol. The van der Waals surface area contributed by atoms with Crippen LogP contribution in [0.3, 0.4) is 0 Å². The van der Waals surface area contributed by atoms with E-state index in [1.807, 2.05) is 0 Å². The fraction of sp³-hybridized carbons (Fsp3) is 0.0217. The average Bonchev–Trinajstić information content (AvgIpc) is 3.90. The summed E-state index contributed by atoms with van der Waals surface area (Å²) in [5.41, 5.74) is 10.4. The van der Waals surface area contributed by atoms with Crippen molar-refractivity contribution in [3.63, 3.8) is 0 Å². The molecule has 0 aliphatic carbocycles. The molecule has 5 heteroatoms. The first-order valence-corrected chi connectivity index (χ1v) is 18.2. The second kappa shape index (κ2) is 11.1. The van der Waals surface area contributed by atoms with Crippen LogP contribution in [0.25, 0.3) is 76.9 Å². The van der Waals surface area contributed by atoms with Gasteiger partial charge in [-0.3, -0.25) is 4.57 Å². The molecule has 0 fully saturated rings. The summed E-state index contributed by atoms with van der Waals surface area (Å²) in [6, 6.07) is 57.0. The fourth-order valence-electron chi connectivity index (χ4n) is 8.11. The van der Waals surface area contributed by atoms with Gasteiger partial charge in [0.25, 0.3) is 0 Å². The van der Waals surface area contributed by atoms with E-state index in [2.05, 4.69) is 184 Å². The molecule has 2 aromatic heterocycles. The van der Waals surface area contributed by atoms with Crippen molar-refractivity contribution in [3.05, 3.63) is 180 Å². The van der Waals surface area contributed by atoms with Gasteiger partial charge in [-0.2, -0.15) is 0 Å². The molecule has 9 aromatic rings. The smallest absolute Gasteiger partial charge is 0.209 e. The van der Waals surface area contributed by atoms with Crippen molar-refractivity contribution < 1.29 is 0 Å². The normalized spacial score (nSPS) is 15.7. The third-order valence-corrected chi connectivity index (χ3v) is 11.4. The van der Waals surface area contributed by atoms with Crippen LogP contribution in [0, 0.1) is 0 Å².